The lowest BCUT2D eigenvalue weighted by Crippen LogP contribution is -2.30. The lowest BCUT2D eigenvalue weighted by atomic mass is 10.1. The number of aromatic amines is 1. The zero-order chi connectivity index (χ0) is 16.4. The van der Waals surface area contributed by atoms with Gasteiger partial charge < -0.3 is 15.0 Å². The van der Waals surface area contributed by atoms with E-state index in [1.807, 2.05) is 19.1 Å². The summed E-state index contributed by atoms with van der Waals surface area (Å²) in [5, 5.41) is 3.37. The van der Waals surface area contributed by atoms with Crippen molar-refractivity contribution < 1.29 is 4.74 Å². The summed E-state index contributed by atoms with van der Waals surface area (Å²) in [5.74, 6) is 1.34. The van der Waals surface area contributed by atoms with Crippen molar-refractivity contribution in [3.63, 3.8) is 0 Å². The van der Waals surface area contributed by atoms with E-state index in [0.29, 0.717) is 11.4 Å². The summed E-state index contributed by atoms with van der Waals surface area (Å²) < 4.78 is 5.68. The van der Waals surface area contributed by atoms with Gasteiger partial charge >= 0.3 is 0 Å². The molecule has 0 spiro atoms. The van der Waals surface area contributed by atoms with Crippen molar-refractivity contribution in [1.82, 2.24) is 15.0 Å². The Morgan fingerprint density at radius 1 is 1.39 bits per heavy atom. The molecule has 2 N–H and O–H groups in total. The van der Waals surface area contributed by atoms with E-state index in [4.69, 9.17) is 4.74 Å². The van der Waals surface area contributed by atoms with Crippen LogP contribution in [0.5, 0.6) is 0 Å². The molecule has 1 saturated heterocycles. The molecule has 1 fully saturated rings. The molecule has 3 heterocycles. The number of aryl methyl sites for hydroxylation is 1. The Balaban J connectivity index is 1.75. The second-order valence-corrected chi connectivity index (χ2v) is 6.04. The van der Waals surface area contributed by atoms with Gasteiger partial charge in [-0.2, -0.15) is 0 Å². The molecule has 2 atom stereocenters. The van der Waals surface area contributed by atoms with Gasteiger partial charge in [-0.15, -0.1) is 0 Å². The minimum atomic E-state index is -0.110. The summed E-state index contributed by atoms with van der Waals surface area (Å²) in [6.45, 7) is 6.55. The average Bonchev–Trinajstić information content (AvgIpc) is 3.07. The van der Waals surface area contributed by atoms with Gasteiger partial charge in [-0.25, -0.2) is 9.97 Å². The molecule has 2 aromatic heterocycles. The van der Waals surface area contributed by atoms with Gasteiger partial charge in [-0.1, -0.05) is 0 Å². The third kappa shape index (κ3) is 3.42. The van der Waals surface area contributed by atoms with E-state index in [1.54, 1.807) is 13.1 Å². The zero-order valence-corrected chi connectivity index (χ0v) is 13.7. The van der Waals surface area contributed by atoms with Crippen LogP contribution in [-0.4, -0.2) is 33.7 Å². The number of hydrogen-bond acceptors (Lipinski definition) is 5. The highest BCUT2D eigenvalue weighted by atomic mass is 16.5. The Morgan fingerprint density at radius 3 is 2.83 bits per heavy atom. The first kappa shape index (κ1) is 15.7. The standard InChI is InChI=1S/C17H22N4O2/c1-10-11(2)20-16(21-17(10)22)13-6-7-15(18-9-13)19-12(3)14-5-4-8-23-14/h6-7,9,12,14H,4-5,8H2,1-3H3,(H,18,19)(H,20,21,22). The molecule has 1 aliphatic heterocycles. The number of ether oxygens (including phenoxy) is 1. The molecule has 2 unspecified atom stereocenters. The Morgan fingerprint density at radius 2 is 2.22 bits per heavy atom. The van der Waals surface area contributed by atoms with Gasteiger partial charge in [0.2, 0.25) is 0 Å². The molecule has 122 valence electrons. The first-order valence-corrected chi connectivity index (χ1v) is 7.96. The number of aromatic nitrogens is 3. The maximum Gasteiger partial charge on any atom is 0.254 e. The Bertz CT molecular complexity index is 733. The van der Waals surface area contributed by atoms with Gasteiger partial charge in [0.15, 0.2) is 0 Å². The van der Waals surface area contributed by atoms with Crippen molar-refractivity contribution >= 4 is 5.82 Å². The van der Waals surface area contributed by atoms with Crippen LogP contribution in [0.15, 0.2) is 23.1 Å². The molecule has 0 bridgehead atoms. The Kier molecular flexibility index (Phi) is 4.43. The van der Waals surface area contributed by atoms with Crippen molar-refractivity contribution in [2.24, 2.45) is 0 Å². The van der Waals surface area contributed by atoms with Crippen LogP contribution >= 0.6 is 0 Å². The third-order valence-corrected chi connectivity index (χ3v) is 4.33. The molecule has 0 aromatic carbocycles. The summed E-state index contributed by atoms with van der Waals surface area (Å²) in [6.07, 6.45) is 4.17. The van der Waals surface area contributed by atoms with E-state index in [9.17, 15) is 4.79 Å². The number of hydrogen-bond donors (Lipinski definition) is 2. The molecule has 3 rings (SSSR count). The molecule has 0 saturated carbocycles. The fourth-order valence-corrected chi connectivity index (χ4v) is 2.72. The van der Waals surface area contributed by atoms with Crippen LogP contribution in [0.1, 0.15) is 31.0 Å². The normalized spacial score (nSPS) is 18.8. The summed E-state index contributed by atoms with van der Waals surface area (Å²) in [5.41, 5.74) is 2.06. The fourth-order valence-electron chi connectivity index (χ4n) is 2.72. The Hall–Kier alpha value is -2.21. The van der Waals surface area contributed by atoms with Crippen molar-refractivity contribution in [1.29, 1.82) is 0 Å². The summed E-state index contributed by atoms with van der Waals surface area (Å²) in [4.78, 5) is 23.5. The molecule has 0 radical (unpaired) electrons. The predicted octanol–water partition coefficient (Wildman–Crippen LogP) is 2.43. The molecule has 23 heavy (non-hydrogen) atoms. The number of anilines is 1. The molecule has 6 nitrogen and oxygen atoms in total. The predicted molar refractivity (Wildman–Crippen MR) is 89.6 cm³/mol. The van der Waals surface area contributed by atoms with Crippen LogP contribution in [0.2, 0.25) is 0 Å². The molecule has 1 aliphatic rings. The van der Waals surface area contributed by atoms with E-state index in [2.05, 4.69) is 27.2 Å². The largest absolute Gasteiger partial charge is 0.376 e. The van der Waals surface area contributed by atoms with Crippen LogP contribution in [0.25, 0.3) is 11.4 Å². The summed E-state index contributed by atoms with van der Waals surface area (Å²) in [6, 6.07) is 4.02. The van der Waals surface area contributed by atoms with Gasteiger partial charge in [0.25, 0.3) is 5.56 Å². The van der Waals surface area contributed by atoms with Gasteiger partial charge in [0, 0.05) is 29.6 Å². The van der Waals surface area contributed by atoms with Crippen LogP contribution < -0.4 is 10.9 Å². The first-order chi connectivity index (χ1) is 11.0. The van der Waals surface area contributed by atoms with Gasteiger partial charge in [0.05, 0.1) is 12.1 Å². The smallest absolute Gasteiger partial charge is 0.254 e. The average molecular weight is 314 g/mol. The topological polar surface area (TPSA) is 79.9 Å². The van der Waals surface area contributed by atoms with Gasteiger partial charge in [-0.05, 0) is 45.7 Å². The summed E-state index contributed by atoms with van der Waals surface area (Å²) in [7, 11) is 0. The Labute approximate surface area is 135 Å². The van der Waals surface area contributed by atoms with Crippen LogP contribution in [-0.2, 0) is 4.74 Å². The minimum Gasteiger partial charge on any atom is -0.376 e. The van der Waals surface area contributed by atoms with E-state index < -0.39 is 0 Å². The van der Waals surface area contributed by atoms with Gasteiger partial charge in [-0.3, -0.25) is 4.79 Å². The van der Waals surface area contributed by atoms with Crippen molar-refractivity contribution in [2.45, 2.75) is 45.8 Å². The zero-order valence-electron chi connectivity index (χ0n) is 13.7. The number of H-pyrrole nitrogens is 1. The fraction of sp³-hybridized carbons (Fsp3) is 0.471. The molecule has 2 aromatic rings. The minimum absolute atomic E-state index is 0.110. The monoisotopic (exact) mass is 314 g/mol. The second-order valence-electron chi connectivity index (χ2n) is 6.04. The van der Waals surface area contributed by atoms with Crippen LogP contribution in [0, 0.1) is 13.8 Å². The van der Waals surface area contributed by atoms with Crippen molar-refractivity contribution in [3.05, 3.63) is 39.9 Å². The number of rotatable bonds is 4. The van der Waals surface area contributed by atoms with E-state index >= 15 is 0 Å². The van der Waals surface area contributed by atoms with E-state index in [1.165, 1.54) is 0 Å². The highest BCUT2D eigenvalue weighted by molar-refractivity contribution is 5.56. The lowest BCUT2D eigenvalue weighted by Gasteiger charge is -2.20. The highest BCUT2D eigenvalue weighted by Gasteiger charge is 2.22. The van der Waals surface area contributed by atoms with E-state index in [-0.39, 0.29) is 17.7 Å². The van der Waals surface area contributed by atoms with Crippen LogP contribution in [0.4, 0.5) is 5.82 Å². The first-order valence-electron chi connectivity index (χ1n) is 7.96. The summed E-state index contributed by atoms with van der Waals surface area (Å²) >= 11 is 0. The van der Waals surface area contributed by atoms with Crippen LogP contribution in [0.3, 0.4) is 0 Å². The molecule has 6 heteroatoms. The molecule has 0 amide bonds. The third-order valence-electron chi connectivity index (χ3n) is 4.33. The molecular formula is C17H22N4O2. The molecular weight excluding hydrogens is 292 g/mol. The van der Waals surface area contributed by atoms with E-state index in [0.717, 1.165) is 36.5 Å². The number of nitrogens with one attached hydrogen (secondary N) is 2. The SMILES string of the molecule is Cc1nc(-c2ccc(NC(C)C3CCCO3)nc2)[nH]c(=O)c1C. The quantitative estimate of drug-likeness (QED) is 0.906. The van der Waals surface area contributed by atoms with Crippen molar-refractivity contribution in [2.75, 3.05) is 11.9 Å². The number of pyridine rings is 1. The maximum absolute atomic E-state index is 11.9. The van der Waals surface area contributed by atoms with Gasteiger partial charge in [0.1, 0.15) is 11.6 Å². The molecule has 0 aliphatic carbocycles. The maximum atomic E-state index is 11.9. The lowest BCUT2D eigenvalue weighted by molar-refractivity contribution is 0.0995. The van der Waals surface area contributed by atoms with Crippen molar-refractivity contribution in [3.8, 4) is 11.4 Å². The second kappa shape index (κ2) is 6.50. The highest BCUT2D eigenvalue weighted by Crippen LogP contribution is 2.20. The number of nitrogens with zero attached hydrogens (tertiary/aromatic N) is 2.